The Bertz CT molecular complexity index is 736. The van der Waals surface area contributed by atoms with Crippen LogP contribution >= 0.6 is 11.6 Å². The van der Waals surface area contributed by atoms with Gasteiger partial charge >= 0.3 is 0 Å². The molecule has 140 valence electrons. The van der Waals surface area contributed by atoms with Crippen LogP contribution in [-0.4, -0.2) is 10.5 Å². The highest BCUT2D eigenvalue weighted by molar-refractivity contribution is 6.30. The predicted molar refractivity (Wildman–Crippen MR) is 109 cm³/mol. The van der Waals surface area contributed by atoms with Crippen LogP contribution in [0.15, 0.2) is 30.5 Å². The molecule has 1 saturated carbocycles. The Kier molecular flexibility index (Phi) is 6.42. The third kappa shape index (κ3) is 4.70. The predicted octanol–water partition coefficient (Wildman–Crippen LogP) is 6.22. The molecule has 3 rings (SSSR count). The van der Waals surface area contributed by atoms with Gasteiger partial charge in [0.2, 0.25) is 5.91 Å². The summed E-state index contributed by atoms with van der Waals surface area (Å²) in [4.78, 5) is 12.4. The molecule has 1 amide bonds. The maximum absolute atomic E-state index is 12.4. The van der Waals surface area contributed by atoms with Crippen LogP contribution in [0.1, 0.15) is 67.8 Å². The molecule has 1 heterocycles. The van der Waals surface area contributed by atoms with Gasteiger partial charge in [0.15, 0.2) is 0 Å². The number of halogens is 1. The fraction of sp³-hybridized carbons (Fsp3) is 0.500. The summed E-state index contributed by atoms with van der Waals surface area (Å²) >= 11 is 6.06. The van der Waals surface area contributed by atoms with Crippen LogP contribution in [0.3, 0.4) is 0 Å². The van der Waals surface area contributed by atoms with Crippen molar-refractivity contribution in [1.82, 2.24) is 4.57 Å². The summed E-state index contributed by atoms with van der Waals surface area (Å²) in [6.45, 7) is 3.96. The van der Waals surface area contributed by atoms with Gasteiger partial charge < -0.3 is 9.88 Å². The van der Waals surface area contributed by atoms with Crippen molar-refractivity contribution in [3.8, 4) is 0 Å². The molecular formula is C22H29ClN2O. The summed E-state index contributed by atoms with van der Waals surface area (Å²) in [6.07, 6.45) is 11.2. The molecule has 1 fully saturated rings. The molecule has 0 saturated heterocycles. The first kappa shape index (κ1) is 19.0. The summed E-state index contributed by atoms with van der Waals surface area (Å²) in [5, 5.41) is 3.77. The molecule has 2 aromatic rings. The zero-order valence-electron chi connectivity index (χ0n) is 15.9. The SMILES string of the molecule is Cc1cc(Cl)cc(C)c1NC(=O)CCCc1cccn1C1CCCCC1. The number of benzene rings is 1. The maximum atomic E-state index is 12.4. The van der Waals surface area contributed by atoms with Crippen LogP contribution < -0.4 is 5.32 Å². The van der Waals surface area contributed by atoms with Crippen LogP contribution in [0.4, 0.5) is 5.69 Å². The summed E-state index contributed by atoms with van der Waals surface area (Å²) in [5.41, 5.74) is 4.28. The van der Waals surface area contributed by atoms with E-state index in [4.69, 9.17) is 11.6 Å². The maximum Gasteiger partial charge on any atom is 0.224 e. The van der Waals surface area contributed by atoms with E-state index in [1.807, 2.05) is 26.0 Å². The molecule has 0 atom stereocenters. The lowest BCUT2D eigenvalue weighted by atomic mass is 9.95. The Morgan fingerprint density at radius 3 is 2.58 bits per heavy atom. The molecule has 4 heteroatoms. The van der Waals surface area contributed by atoms with E-state index in [0.29, 0.717) is 17.5 Å². The normalized spacial score (nSPS) is 15.2. The molecule has 0 unspecified atom stereocenters. The fourth-order valence-electron chi connectivity index (χ4n) is 4.10. The second kappa shape index (κ2) is 8.77. The summed E-state index contributed by atoms with van der Waals surface area (Å²) < 4.78 is 2.45. The Morgan fingerprint density at radius 1 is 1.19 bits per heavy atom. The Labute approximate surface area is 161 Å². The Balaban J connectivity index is 1.53. The molecule has 3 nitrogen and oxygen atoms in total. The monoisotopic (exact) mass is 372 g/mol. The average molecular weight is 373 g/mol. The van der Waals surface area contributed by atoms with Crippen molar-refractivity contribution < 1.29 is 4.79 Å². The van der Waals surface area contributed by atoms with Crippen LogP contribution in [0.25, 0.3) is 0 Å². The lowest BCUT2D eigenvalue weighted by Gasteiger charge is -2.25. The van der Waals surface area contributed by atoms with E-state index < -0.39 is 0 Å². The summed E-state index contributed by atoms with van der Waals surface area (Å²) in [6, 6.07) is 8.79. The van der Waals surface area contributed by atoms with E-state index in [0.717, 1.165) is 29.7 Å². The van der Waals surface area contributed by atoms with Crippen LogP contribution in [0, 0.1) is 13.8 Å². The smallest absolute Gasteiger partial charge is 0.224 e. The van der Waals surface area contributed by atoms with E-state index in [1.54, 1.807) is 0 Å². The number of rotatable bonds is 6. The standard InChI is InChI=1S/C22H29ClN2O/c1-16-14-18(23)15-17(2)22(16)24-21(26)12-6-10-20-11-7-13-25(20)19-8-4-3-5-9-19/h7,11,13-15,19H,3-6,8-10,12H2,1-2H3,(H,24,26). The Morgan fingerprint density at radius 2 is 1.88 bits per heavy atom. The van der Waals surface area contributed by atoms with E-state index in [1.165, 1.54) is 37.8 Å². The van der Waals surface area contributed by atoms with Crippen molar-refractivity contribution in [2.24, 2.45) is 0 Å². The van der Waals surface area contributed by atoms with Gasteiger partial charge in [-0.2, -0.15) is 0 Å². The Hall–Kier alpha value is -1.74. The quantitative estimate of drug-likeness (QED) is 0.641. The highest BCUT2D eigenvalue weighted by Crippen LogP contribution is 2.30. The second-order valence-electron chi connectivity index (χ2n) is 7.51. The lowest BCUT2D eigenvalue weighted by Crippen LogP contribution is -2.16. The van der Waals surface area contributed by atoms with E-state index in [9.17, 15) is 4.79 Å². The molecule has 1 N–H and O–H groups in total. The van der Waals surface area contributed by atoms with E-state index in [2.05, 4.69) is 28.2 Å². The van der Waals surface area contributed by atoms with E-state index in [-0.39, 0.29) is 5.91 Å². The molecule has 1 aromatic carbocycles. The number of aromatic nitrogens is 1. The summed E-state index contributed by atoms with van der Waals surface area (Å²) in [5.74, 6) is 0.0781. The largest absolute Gasteiger partial charge is 0.348 e. The minimum atomic E-state index is 0.0781. The zero-order valence-corrected chi connectivity index (χ0v) is 16.6. The van der Waals surface area contributed by atoms with Gasteiger partial charge in [0.1, 0.15) is 0 Å². The number of nitrogens with one attached hydrogen (secondary N) is 1. The molecule has 1 aliphatic rings. The number of anilines is 1. The van der Waals surface area contributed by atoms with Crippen molar-refractivity contribution in [2.75, 3.05) is 5.32 Å². The molecule has 0 bridgehead atoms. The number of aryl methyl sites for hydroxylation is 3. The number of nitrogens with zero attached hydrogens (tertiary/aromatic N) is 1. The number of amides is 1. The molecular weight excluding hydrogens is 344 g/mol. The van der Waals surface area contributed by atoms with E-state index >= 15 is 0 Å². The highest BCUT2D eigenvalue weighted by Gasteiger charge is 2.17. The third-order valence-electron chi connectivity index (χ3n) is 5.43. The van der Waals surface area contributed by atoms with Gasteiger partial charge in [-0.05, 0) is 74.9 Å². The topological polar surface area (TPSA) is 34.0 Å². The highest BCUT2D eigenvalue weighted by atomic mass is 35.5. The van der Waals surface area contributed by atoms with Crippen molar-refractivity contribution in [1.29, 1.82) is 0 Å². The van der Waals surface area contributed by atoms with Crippen LogP contribution in [0.2, 0.25) is 5.02 Å². The molecule has 1 aromatic heterocycles. The first-order chi connectivity index (χ1) is 12.5. The van der Waals surface area contributed by atoms with Gasteiger partial charge in [0, 0.05) is 35.1 Å². The number of hydrogen-bond donors (Lipinski definition) is 1. The van der Waals surface area contributed by atoms with Crippen molar-refractivity contribution >= 4 is 23.2 Å². The second-order valence-corrected chi connectivity index (χ2v) is 7.95. The van der Waals surface area contributed by atoms with Gasteiger partial charge in [-0.15, -0.1) is 0 Å². The van der Waals surface area contributed by atoms with Crippen molar-refractivity contribution in [2.45, 2.75) is 71.3 Å². The minimum absolute atomic E-state index is 0.0781. The van der Waals surface area contributed by atoms with Gasteiger partial charge in [-0.25, -0.2) is 0 Å². The lowest BCUT2D eigenvalue weighted by molar-refractivity contribution is -0.116. The van der Waals surface area contributed by atoms with Crippen molar-refractivity contribution in [3.05, 3.63) is 52.3 Å². The fourth-order valence-corrected chi connectivity index (χ4v) is 4.42. The number of carbonyl (C=O) groups excluding carboxylic acids is 1. The first-order valence-electron chi connectivity index (χ1n) is 9.77. The van der Waals surface area contributed by atoms with Crippen LogP contribution in [0.5, 0.6) is 0 Å². The van der Waals surface area contributed by atoms with Gasteiger partial charge in [0.05, 0.1) is 0 Å². The molecule has 26 heavy (non-hydrogen) atoms. The first-order valence-corrected chi connectivity index (χ1v) is 10.1. The molecule has 1 aliphatic carbocycles. The van der Waals surface area contributed by atoms with Crippen molar-refractivity contribution in [3.63, 3.8) is 0 Å². The van der Waals surface area contributed by atoms with Gasteiger partial charge in [-0.1, -0.05) is 30.9 Å². The molecule has 0 radical (unpaired) electrons. The van der Waals surface area contributed by atoms with Gasteiger partial charge in [0.25, 0.3) is 0 Å². The number of carbonyl (C=O) groups is 1. The van der Waals surface area contributed by atoms with Gasteiger partial charge in [-0.3, -0.25) is 4.79 Å². The summed E-state index contributed by atoms with van der Waals surface area (Å²) in [7, 11) is 0. The van der Waals surface area contributed by atoms with Crippen LogP contribution in [-0.2, 0) is 11.2 Å². The zero-order chi connectivity index (χ0) is 18.5. The minimum Gasteiger partial charge on any atom is -0.348 e. The average Bonchev–Trinajstić information content (AvgIpc) is 3.07. The number of hydrogen-bond acceptors (Lipinski definition) is 1. The molecule has 0 aliphatic heterocycles. The third-order valence-corrected chi connectivity index (χ3v) is 5.65. The molecule has 0 spiro atoms.